The second-order valence-corrected chi connectivity index (χ2v) is 4.88. The third kappa shape index (κ3) is 1.83. The molecule has 0 aromatic carbocycles. The highest BCUT2D eigenvalue weighted by Gasteiger charge is 2.39. The number of hydrogen-bond donors (Lipinski definition) is 1. The highest BCUT2D eigenvalue weighted by molar-refractivity contribution is 5.01. The van der Waals surface area contributed by atoms with Gasteiger partial charge in [0, 0.05) is 37.2 Å². The summed E-state index contributed by atoms with van der Waals surface area (Å²) in [5, 5.41) is 9.72. The minimum Gasteiger partial charge on any atom is -0.393 e. The molecular weight excluding hydrogens is 202 g/mol. The van der Waals surface area contributed by atoms with E-state index < -0.39 is 0 Å². The smallest absolute Gasteiger partial charge is 0.0727 e. The van der Waals surface area contributed by atoms with Crippen LogP contribution in [-0.4, -0.2) is 38.2 Å². The summed E-state index contributed by atoms with van der Waals surface area (Å²) in [5.41, 5.74) is 1.04. The molecule has 3 atom stereocenters. The maximum absolute atomic E-state index is 9.72. The van der Waals surface area contributed by atoms with E-state index in [4.69, 9.17) is 0 Å². The maximum Gasteiger partial charge on any atom is 0.0727 e. The van der Waals surface area contributed by atoms with E-state index in [1.807, 2.05) is 6.20 Å². The Hall–Kier alpha value is -1.00. The van der Waals surface area contributed by atoms with Gasteiger partial charge in [-0.15, -0.1) is 0 Å². The molecule has 1 unspecified atom stereocenters. The molecule has 2 saturated heterocycles. The van der Waals surface area contributed by atoms with Gasteiger partial charge in [0.15, 0.2) is 0 Å². The van der Waals surface area contributed by atoms with Gasteiger partial charge in [-0.1, -0.05) is 0 Å². The number of aliphatic hydroxyl groups excluding tert-OH is 1. The van der Waals surface area contributed by atoms with Crippen LogP contribution in [0.4, 0.5) is 0 Å². The van der Waals surface area contributed by atoms with E-state index in [2.05, 4.69) is 14.9 Å². The molecule has 2 fully saturated rings. The summed E-state index contributed by atoms with van der Waals surface area (Å²) < 4.78 is 0. The fourth-order valence-corrected chi connectivity index (χ4v) is 3.10. The molecule has 0 aliphatic carbocycles. The van der Waals surface area contributed by atoms with Gasteiger partial charge in [-0.05, 0) is 25.7 Å². The van der Waals surface area contributed by atoms with Crippen molar-refractivity contribution < 1.29 is 5.11 Å². The number of aliphatic hydroxyl groups is 1. The molecule has 0 radical (unpaired) electrons. The van der Waals surface area contributed by atoms with Gasteiger partial charge in [-0.25, -0.2) is 0 Å². The predicted molar refractivity (Wildman–Crippen MR) is 59.6 cm³/mol. The number of piperidine rings is 1. The zero-order valence-corrected chi connectivity index (χ0v) is 9.29. The van der Waals surface area contributed by atoms with E-state index in [1.165, 1.54) is 12.8 Å². The molecule has 2 aliphatic heterocycles. The lowest BCUT2D eigenvalue weighted by Gasteiger charge is -2.36. The van der Waals surface area contributed by atoms with Crippen LogP contribution in [0.1, 0.15) is 31.4 Å². The lowest BCUT2D eigenvalue weighted by Crippen LogP contribution is -2.44. The Morgan fingerprint density at radius 3 is 2.62 bits per heavy atom. The van der Waals surface area contributed by atoms with Gasteiger partial charge in [-0.3, -0.25) is 14.9 Å². The van der Waals surface area contributed by atoms with Gasteiger partial charge >= 0.3 is 0 Å². The predicted octanol–water partition coefficient (Wildman–Crippen LogP) is 0.964. The Morgan fingerprint density at radius 2 is 2.00 bits per heavy atom. The fraction of sp³-hybridized carbons (Fsp3) is 0.667. The third-order valence-electron chi connectivity index (χ3n) is 3.82. The highest BCUT2D eigenvalue weighted by atomic mass is 16.3. The summed E-state index contributed by atoms with van der Waals surface area (Å²) in [6.07, 6.45) is 9.51. The molecule has 2 bridgehead atoms. The molecule has 0 saturated carbocycles. The van der Waals surface area contributed by atoms with Crippen LogP contribution in [0, 0.1) is 0 Å². The van der Waals surface area contributed by atoms with Gasteiger partial charge in [0.25, 0.3) is 0 Å². The first-order chi connectivity index (χ1) is 7.83. The van der Waals surface area contributed by atoms with E-state index >= 15 is 0 Å². The van der Waals surface area contributed by atoms with Crippen molar-refractivity contribution in [3.63, 3.8) is 0 Å². The first-order valence-corrected chi connectivity index (χ1v) is 6.01. The van der Waals surface area contributed by atoms with E-state index in [1.54, 1.807) is 12.4 Å². The molecule has 16 heavy (non-hydrogen) atoms. The molecule has 1 aromatic heterocycles. The van der Waals surface area contributed by atoms with E-state index in [-0.39, 0.29) is 6.10 Å². The minimum atomic E-state index is -0.0874. The first kappa shape index (κ1) is 10.2. The molecule has 1 N–H and O–H groups in total. The quantitative estimate of drug-likeness (QED) is 0.805. The van der Waals surface area contributed by atoms with Crippen molar-refractivity contribution in [1.82, 2.24) is 14.9 Å². The summed E-state index contributed by atoms with van der Waals surface area (Å²) >= 11 is 0. The van der Waals surface area contributed by atoms with Crippen LogP contribution < -0.4 is 0 Å². The SMILES string of the molecule is OC1C[C@H]2CC[C@@H](C1)N2Cc1cnccn1. The van der Waals surface area contributed by atoms with Crippen LogP contribution in [-0.2, 0) is 6.54 Å². The monoisotopic (exact) mass is 219 g/mol. The average molecular weight is 219 g/mol. The molecule has 4 nitrogen and oxygen atoms in total. The van der Waals surface area contributed by atoms with Crippen LogP contribution in [0.15, 0.2) is 18.6 Å². The summed E-state index contributed by atoms with van der Waals surface area (Å²) in [6.45, 7) is 0.885. The lowest BCUT2D eigenvalue weighted by molar-refractivity contribution is 0.0303. The average Bonchev–Trinajstić information content (AvgIpc) is 2.54. The lowest BCUT2D eigenvalue weighted by atomic mass is 10.00. The van der Waals surface area contributed by atoms with Crippen molar-refractivity contribution >= 4 is 0 Å². The van der Waals surface area contributed by atoms with Gasteiger partial charge < -0.3 is 5.11 Å². The molecule has 86 valence electrons. The summed E-state index contributed by atoms with van der Waals surface area (Å²) in [5.74, 6) is 0. The second-order valence-electron chi connectivity index (χ2n) is 4.88. The third-order valence-corrected chi connectivity index (χ3v) is 3.82. The number of hydrogen-bond acceptors (Lipinski definition) is 4. The zero-order chi connectivity index (χ0) is 11.0. The van der Waals surface area contributed by atoms with Crippen LogP contribution >= 0.6 is 0 Å². The molecule has 0 amide bonds. The largest absolute Gasteiger partial charge is 0.393 e. The Bertz CT molecular complexity index is 343. The Morgan fingerprint density at radius 1 is 1.25 bits per heavy atom. The fourth-order valence-electron chi connectivity index (χ4n) is 3.10. The maximum atomic E-state index is 9.72. The Labute approximate surface area is 95.3 Å². The minimum absolute atomic E-state index is 0.0874. The highest BCUT2D eigenvalue weighted by Crippen LogP contribution is 2.36. The number of rotatable bonds is 2. The normalized spacial score (nSPS) is 34.2. The molecular formula is C12H17N3O. The van der Waals surface area contributed by atoms with Gasteiger partial charge in [-0.2, -0.15) is 0 Å². The number of fused-ring (bicyclic) bond motifs is 2. The summed E-state index contributed by atoms with van der Waals surface area (Å²) in [4.78, 5) is 10.9. The first-order valence-electron chi connectivity index (χ1n) is 6.01. The van der Waals surface area contributed by atoms with Crippen molar-refractivity contribution in [2.45, 2.75) is 50.4 Å². The standard InChI is InChI=1S/C12H17N3O/c16-12-5-10-1-2-11(6-12)15(10)8-9-7-13-3-4-14-9/h3-4,7,10-12,16H,1-2,5-6,8H2/t10-,11+,12?. The molecule has 2 aliphatic rings. The van der Waals surface area contributed by atoms with E-state index in [0.717, 1.165) is 25.1 Å². The molecule has 1 aromatic rings. The van der Waals surface area contributed by atoms with E-state index in [0.29, 0.717) is 12.1 Å². The van der Waals surface area contributed by atoms with Crippen molar-refractivity contribution in [3.05, 3.63) is 24.3 Å². The van der Waals surface area contributed by atoms with Gasteiger partial charge in [0.05, 0.1) is 11.8 Å². The molecule has 4 heteroatoms. The van der Waals surface area contributed by atoms with Crippen molar-refractivity contribution in [1.29, 1.82) is 0 Å². The van der Waals surface area contributed by atoms with Crippen molar-refractivity contribution in [3.8, 4) is 0 Å². The molecule has 0 spiro atoms. The number of nitrogens with zero attached hydrogens (tertiary/aromatic N) is 3. The Balaban J connectivity index is 1.72. The van der Waals surface area contributed by atoms with Gasteiger partial charge in [0.2, 0.25) is 0 Å². The van der Waals surface area contributed by atoms with Gasteiger partial charge in [0.1, 0.15) is 0 Å². The van der Waals surface area contributed by atoms with Crippen LogP contribution in [0.2, 0.25) is 0 Å². The van der Waals surface area contributed by atoms with Crippen LogP contribution in [0.5, 0.6) is 0 Å². The van der Waals surface area contributed by atoms with Crippen LogP contribution in [0.25, 0.3) is 0 Å². The van der Waals surface area contributed by atoms with E-state index in [9.17, 15) is 5.11 Å². The number of aromatic nitrogens is 2. The topological polar surface area (TPSA) is 49.2 Å². The summed E-state index contributed by atoms with van der Waals surface area (Å²) in [6, 6.07) is 1.10. The van der Waals surface area contributed by atoms with Crippen molar-refractivity contribution in [2.75, 3.05) is 0 Å². The Kier molecular flexibility index (Phi) is 2.61. The van der Waals surface area contributed by atoms with Crippen molar-refractivity contribution in [2.24, 2.45) is 0 Å². The van der Waals surface area contributed by atoms with Crippen LogP contribution in [0.3, 0.4) is 0 Å². The zero-order valence-electron chi connectivity index (χ0n) is 9.29. The molecule has 3 rings (SSSR count). The summed E-state index contributed by atoms with van der Waals surface area (Å²) in [7, 11) is 0. The molecule has 3 heterocycles. The second kappa shape index (κ2) is 4.11.